The average molecular weight is 202 g/mol. The molecule has 0 amide bonds. The second kappa shape index (κ2) is 4.23. The highest BCUT2D eigenvalue weighted by Crippen LogP contribution is 2.06. The number of rotatable bonds is 3. The van der Waals surface area contributed by atoms with Crippen molar-refractivity contribution in [2.75, 3.05) is 0 Å². The van der Waals surface area contributed by atoms with Crippen LogP contribution in [-0.2, 0) is 20.0 Å². The van der Waals surface area contributed by atoms with E-state index >= 15 is 0 Å². The summed E-state index contributed by atoms with van der Waals surface area (Å²) >= 11 is 0. The SMILES string of the molecule is Cn1nc(CN)nc1Cc1ccccc1. The summed E-state index contributed by atoms with van der Waals surface area (Å²) in [7, 11) is 1.89. The van der Waals surface area contributed by atoms with E-state index in [4.69, 9.17) is 5.73 Å². The second-order valence-corrected chi connectivity index (χ2v) is 3.43. The maximum Gasteiger partial charge on any atom is 0.164 e. The van der Waals surface area contributed by atoms with Gasteiger partial charge in [-0.3, -0.25) is 4.68 Å². The van der Waals surface area contributed by atoms with Gasteiger partial charge in [0.25, 0.3) is 0 Å². The molecule has 0 radical (unpaired) electrons. The summed E-state index contributed by atoms with van der Waals surface area (Å²) in [5.74, 6) is 1.64. The Kier molecular flexibility index (Phi) is 2.78. The molecule has 1 aromatic carbocycles. The van der Waals surface area contributed by atoms with Crippen molar-refractivity contribution in [1.82, 2.24) is 14.8 Å². The highest BCUT2D eigenvalue weighted by Gasteiger charge is 2.05. The first-order chi connectivity index (χ1) is 7.29. The molecule has 4 nitrogen and oxygen atoms in total. The van der Waals surface area contributed by atoms with E-state index in [9.17, 15) is 0 Å². The highest BCUT2D eigenvalue weighted by atomic mass is 15.3. The Balaban J connectivity index is 2.21. The van der Waals surface area contributed by atoms with Gasteiger partial charge >= 0.3 is 0 Å². The summed E-state index contributed by atoms with van der Waals surface area (Å²) in [5.41, 5.74) is 6.72. The number of nitrogens with zero attached hydrogens (tertiary/aromatic N) is 3. The normalized spacial score (nSPS) is 10.5. The van der Waals surface area contributed by atoms with Gasteiger partial charge in [0.15, 0.2) is 5.82 Å². The molecule has 0 atom stereocenters. The molecule has 15 heavy (non-hydrogen) atoms. The lowest BCUT2D eigenvalue weighted by Crippen LogP contribution is -2.00. The third-order valence-corrected chi connectivity index (χ3v) is 2.28. The van der Waals surface area contributed by atoms with E-state index in [2.05, 4.69) is 22.2 Å². The van der Waals surface area contributed by atoms with Gasteiger partial charge in [0, 0.05) is 13.5 Å². The molecule has 0 bridgehead atoms. The quantitative estimate of drug-likeness (QED) is 0.803. The molecule has 0 saturated carbocycles. The van der Waals surface area contributed by atoms with Crippen LogP contribution >= 0.6 is 0 Å². The summed E-state index contributed by atoms with van der Waals surface area (Å²) in [6, 6.07) is 10.2. The van der Waals surface area contributed by atoms with Gasteiger partial charge in [-0.1, -0.05) is 30.3 Å². The van der Waals surface area contributed by atoms with E-state index in [0.717, 1.165) is 12.2 Å². The summed E-state index contributed by atoms with van der Waals surface area (Å²) in [4.78, 5) is 4.35. The van der Waals surface area contributed by atoms with Crippen LogP contribution in [0, 0.1) is 0 Å². The number of benzene rings is 1. The van der Waals surface area contributed by atoms with Crippen LogP contribution in [-0.4, -0.2) is 14.8 Å². The molecule has 2 N–H and O–H groups in total. The van der Waals surface area contributed by atoms with Gasteiger partial charge in [-0.25, -0.2) is 4.98 Å². The lowest BCUT2D eigenvalue weighted by atomic mass is 10.1. The van der Waals surface area contributed by atoms with E-state index in [0.29, 0.717) is 12.4 Å². The van der Waals surface area contributed by atoms with Gasteiger partial charge in [-0.15, -0.1) is 0 Å². The lowest BCUT2D eigenvalue weighted by molar-refractivity contribution is 0.705. The fourth-order valence-corrected chi connectivity index (χ4v) is 1.49. The lowest BCUT2D eigenvalue weighted by Gasteiger charge is -1.99. The molecular formula is C11H14N4. The van der Waals surface area contributed by atoms with Gasteiger partial charge in [-0.2, -0.15) is 5.10 Å². The Hall–Kier alpha value is -1.68. The Bertz CT molecular complexity index is 433. The zero-order chi connectivity index (χ0) is 10.7. The number of hydrogen-bond acceptors (Lipinski definition) is 3. The van der Waals surface area contributed by atoms with E-state index in [-0.39, 0.29) is 0 Å². The van der Waals surface area contributed by atoms with E-state index in [1.165, 1.54) is 5.56 Å². The van der Waals surface area contributed by atoms with Crippen molar-refractivity contribution in [1.29, 1.82) is 0 Å². The van der Waals surface area contributed by atoms with Crippen LogP contribution in [0.1, 0.15) is 17.2 Å². The first-order valence-electron chi connectivity index (χ1n) is 4.92. The van der Waals surface area contributed by atoms with Crippen LogP contribution in [0.15, 0.2) is 30.3 Å². The first kappa shape index (κ1) is 9.86. The average Bonchev–Trinajstić information content (AvgIpc) is 2.61. The van der Waals surface area contributed by atoms with Gasteiger partial charge in [0.1, 0.15) is 5.82 Å². The molecule has 78 valence electrons. The molecule has 0 aliphatic rings. The standard InChI is InChI=1S/C11H14N4/c1-15-11(13-10(8-12)14-15)7-9-5-3-2-4-6-9/h2-6H,7-8,12H2,1H3. The largest absolute Gasteiger partial charge is 0.324 e. The summed E-state index contributed by atoms with van der Waals surface area (Å²) in [6.07, 6.45) is 0.796. The molecule has 0 aliphatic heterocycles. The first-order valence-corrected chi connectivity index (χ1v) is 4.92. The summed E-state index contributed by atoms with van der Waals surface area (Å²) < 4.78 is 1.79. The predicted molar refractivity (Wildman–Crippen MR) is 58.1 cm³/mol. The Morgan fingerprint density at radius 2 is 2.00 bits per heavy atom. The molecular weight excluding hydrogens is 188 g/mol. The molecule has 4 heteroatoms. The van der Waals surface area contributed by atoms with E-state index < -0.39 is 0 Å². The maximum atomic E-state index is 5.49. The Morgan fingerprint density at radius 1 is 1.27 bits per heavy atom. The maximum absolute atomic E-state index is 5.49. The third kappa shape index (κ3) is 2.22. The topological polar surface area (TPSA) is 56.7 Å². The van der Waals surface area contributed by atoms with Crippen molar-refractivity contribution in [3.63, 3.8) is 0 Å². The molecule has 0 aliphatic carbocycles. The number of hydrogen-bond donors (Lipinski definition) is 1. The molecule has 0 unspecified atom stereocenters. The van der Waals surface area contributed by atoms with Crippen molar-refractivity contribution in [3.8, 4) is 0 Å². The number of nitrogens with two attached hydrogens (primary N) is 1. The van der Waals surface area contributed by atoms with Crippen LogP contribution in [0.25, 0.3) is 0 Å². The van der Waals surface area contributed by atoms with Crippen molar-refractivity contribution in [2.45, 2.75) is 13.0 Å². The summed E-state index contributed by atoms with van der Waals surface area (Å²) in [6.45, 7) is 0.391. The highest BCUT2D eigenvalue weighted by molar-refractivity contribution is 5.18. The van der Waals surface area contributed by atoms with E-state index in [1.807, 2.05) is 25.2 Å². The van der Waals surface area contributed by atoms with Crippen LogP contribution in [0.4, 0.5) is 0 Å². The number of aryl methyl sites for hydroxylation is 1. The molecule has 0 spiro atoms. The van der Waals surface area contributed by atoms with Gasteiger partial charge < -0.3 is 5.73 Å². The predicted octanol–water partition coefficient (Wildman–Crippen LogP) is 0.865. The third-order valence-electron chi connectivity index (χ3n) is 2.28. The van der Waals surface area contributed by atoms with Crippen molar-refractivity contribution in [2.24, 2.45) is 12.8 Å². The molecule has 0 fully saturated rings. The smallest absolute Gasteiger partial charge is 0.164 e. The van der Waals surface area contributed by atoms with Crippen LogP contribution < -0.4 is 5.73 Å². The molecule has 2 aromatic rings. The van der Waals surface area contributed by atoms with Crippen LogP contribution in [0.3, 0.4) is 0 Å². The van der Waals surface area contributed by atoms with Crippen molar-refractivity contribution >= 4 is 0 Å². The fraction of sp³-hybridized carbons (Fsp3) is 0.273. The van der Waals surface area contributed by atoms with Gasteiger partial charge in [0.05, 0.1) is 6.54 Å². The zero-order valence-electron chi connectivity index (χ0n) is 8.72. The minimum absolute atomic E-state index is 0.391. The fourth-order valence-electron chi connectivity index (χ4n) is 1.49. The summed E-state index contributed by atoms with van der Waals surface area (Å²) in [5, 5.41) is 4.21. The Morgan fingerprint density at radius 3 is 2.60 bits per heavy atom. The Labute approximate surface area is 88.8 Å². The molecule has 1 aromatic heterocycles. The van der Waals surface area contributed by atoms with Gasteiger partial charge in [-0.05, 0) is 5.56 Å². The van der Waals surface area contributed by atoms with Crippen molar-refractivity contribution in [3.05, 3.63) is 47.5 Å². The van der Waals surface area contributed by atoms with E-state index in [1.54, 1.807) is 4.68 Å². The van der Waals surface area contributed by atoms with Crippen LogP contribution in [0.5, 0.6) is 0 Å². The molecule has 2 rings (SSSR count). The minimum atomic E-state index is 0.391. The van der Waals surface area contributed by atoms with Crippen LogP contribution in [0.2, 0.25) is 0 Å². The minimum Gasteiger partial charge on any atom is -0.324 e. The monoisotopic (exact) mass is 202 g/mol. The van der Waals surface area contributed by atoms with Gasteiger partial charge in [0.2, 0.25) is 0 Å². The molecule has 0 saturated heterocycles. The second-order valence-electron chi connectivity index (χ2n) is 3.43. The molecule has 1 heterocycles. The van der Waals surface area contributed by atoms with Crippen molar-refractivity contribution < 1.29 is 0 Å². The number of aromatic nitrogens is 3. The zero-order valence-corrected chi connectivity index (χ0v) is 8.72.